The molecule has 104 valence electrons. The summed E-state index contributed by atoms with van der Waals surface area (Å²) < 4.78 is 7.48. The maximum absolute atomic E-state index is 5.37. The molecule has 0 unspecified atom stereocenters. The average molecular weight is 270 g/mol. The molecular weight excluding hydrogens is 252 g/mol. The van der Waals surface area contributed by atoms with Crippen LogP contribution in [0.15, 0.2) is 36.7 Å². The maximum atomic E-state index is 5.37. The Hall–Kier alpha value is -2.14. The van der Waals surface area contributed by atoms with E-state index in [9.17, 15) is 0 Å². The van der Waals surface area contributed by atoms with Gasteiger partial charge >= 0.3 is 0 Å². The standard InChI is InChI=1S/C15H18N4O/c1-2-20-11-5-9-19-10-8-16-15(19)14-17-12-6-3-4-7-13(12)18-14/h3-4,6-8,10H,2,5,9,11H2,1H3,(H,17,18). The molecule has 1 aromatic carbocycles. The van der Waals surface area contributed by atoms with Gasteiger partial charge in [-0.25, -0.2) is 9.97 Å². The minimum atomic E-state index is 0.764. The fraction of sp³-hybridized carbons (Fsp3) is 0.333. The summed E-state index contributed by atoms with van der Waals surface area (Å²) in [6.07, 6.45) is 4.76. The Morgan fingerprint density at radius 2 is 2.20 bits per heavy atom. The van der Waals surface area contributed by atoms with E-state index in [0.717, 1.165) is 48.9 Å². The van der Waals surface area contributed by atoms with Crippen LogP contribution in [0.2, 0.25) is 0 Å². The lowest BCUT2D eigenvalue weighted by Crippen LogP contribution is -2.04. The Bertz CT molecular complexity index is 653. The van der Waals surface area contributed by atoms with E-state index in [0.29, 0.717) is 0 Å². The number of nitrogens with one attached hydrogen (secondary N) is 1. The van der Waals surface area contributed by atoms with Crippen molar-refractivity contribution in [3.05, 3.63) is 36.7 Å². The maximum Gasteiger partial charge on any atom is 0.176 e. The van der Waals surface area contributed by atoms with Crippen LogP contribution in [-0.4, -0.2) is 32.7 Å². The van der Waals surface area contributed by atoms with Gasteiger partial charge in [-0.1, -0.05) is 12.1 Å². The smallest absolute Gasteiger partial charge is 0.176 e. The number of imidazole rings is 2. The van der Waals surface area contributed by atoms with Crippen molar-refractivity contribution in [2.24, 2.45) is 0 Å². The molecule has 3 aromatic rings. The van der Waals surface area contributed by atoms with Crippen molar-refractivity contribution < 1.29 is 4.74 Å². The molecule has 0 fully saturated rings. The topological polar surface area (TPSA) is 55.7 Å². The zero-order chi connectivity index (χ0) is 13.8. The third kappa shape index (κ3) is 2.58. The number of fused-ring (bicyclic) bond motifs is 1. The summed E-state index contributed by atoms with van der Waals surface area (Å²) in [7, 11) is 0. The molecule has 20 heavy (non-hydrogen) atoms. The number of rotatable bonds is 6. The van der Waals surface area contributed by atoms with E-state index in [1.165, 1.54) is 0 Å². The molecule has 0 saturated carbocycles. The highest BCUT2D eigenvalue weighted by Gasteiger charge is 2.10. The lowest BCUT2D eigenvalue weighted by atomic mass is 10.3. The van der Waals surface area contributed by atoms with Gasteiger partial charge in [0.2, 0.25) is 0 Å². The average Bonchev–Trinajstić information content (AvgIpc) is 3.09. The summed E-state index contributed by atoms with van der Waals surface area (Å²) in [5.74, 6) is 1.69. The predicted octanol–water partition coefficient (Wildman–Crippen LogP) is 2.85. The summed E-state index contributed by atoms with van der Waals surface area (Å²) in [4.78, 5) is 12.3. The number of hydrogen-bond acceptors (Lipinski definition) is 3. The quantitative estimate of drug-likeness (QED) is 0.701. The van der Waals surface area contributed by atoms with Gasteiger partial charge in [0.05, 0.1) is 11.0 Å². The lowest BCUT2D eigenvalue weighted by molar-refractivity contribution is 0.141. The first-order valence-electron chi connectivity index (χ1n) is 6.92. The normalized spacial score (nSPS) is 11.2. The Labute approximate surface area is 117 Å². The molecule has 5 heteroatoms. The number of hydrogen-bond donors (Lipinski definition) is 1. The van der Waals surface area contributed by atoms with Crippen LogP contribution in [0, 0.1) is 0 Å². The van der Waals surface area contributed by atoms with Crippen LogP contribution < -0.4 is 0 Å². The van der Waals surface area contributed by atoms with E-state index in [4.69, 9.17) is 4.74 Å². The van der Waals surface area contributed by atoms with Crippen LogP contribution >= 0.6 is 0 Å². The molecule has 2 heterocycles. The fourth-order valence-corrected chi connectivity index (χ4v) is 2.25. The molecule has 0 bridgehead atoms. The van der Waals surface area contributed by atoms with Crippen molar-refractivity contribution >= 4 is 11.0 Å². The molecule has 0 aliphatic rings. The molecule has 0 radical (unpaired) electrons. The van der Waals surface area contributed by atoms with Gasteiger partial charge in [0, 0.05) is 32.2 Å². The van der Waals surface area contributed by atoms with Crippen LogP contribution in [0.5, 0.6) is 0 Å². The summed E-state index contributed by atoms with van der Waals surface area (Å²) >= 11 is 0. The summed E-state index contributed by atoms with van der Waals surface area (Å²) in [5.41, 5.74) is 2.00. The number of para-hydroxylation sites is 2. The van der Waals surface area contributed by atoms with E-state index in [1.807, 2.05) is 43.6 Å². The zero-order valence-electron chi connectivity index (χ0n) is 11.5. The fourth-order valence-electron chi connectivity index (χ4n) is 2.25. The second-order valence-corrected chi connectivity index (χ2v) is 4.60. The zero-order valence-corrected chi connectivity index (χ0v) is 11.5. The van der Waals surface area contributed by atoms with E-state index in [-0.39, 0.29) is 0 Å². The lowest BCUT2D eigenvalue weighted by Gasteiger charge is -2.05. The summed E-state index contributed by atoms with van der Waals surface area (Å²) in [5, 5.41) is 0. The highest BCUT2D eigenvalue weighted by molar-refractivity contribution is 5.78. The van der Waals surface area contributed by atoms with Gasteiger partial charge in [0.1, 0.15) is 0 Å². The first kappa shape index (κ1) is 12.9. The Kier molecular flexibility index (Phi) is 3.78. The number of benzene rings is 1. The van der Waals surface area contributed by atoms with Crippen LogP contribution in [0.25, 0.3) is 22.7 Å². The largest absolute Gasteiger partial charge is 0.382 e. The molecule has 0 aliphatic carbocycles. The van der Waals surface area contributed by atoms with Crippen molar-refractivity contribution in [3.8, 4) is 11.6 Å². The third-order valence-corrected chi connectivity index (χ3v) is 3.21. The van der Waals surface area contributed by atoms with Crippen LogP contribution in [0.3, 0.4) is 0 Å². The minimum Gasteiger partial charge on any atom is -0.382 e. The van der Waals surface area contributed by atoms with Crippen molar-refractivity contribution in [3.63, 3.8) is 0 Å². The first-order chi connectivity index (χ1) is 9.88. The van der Waals surface area contributed by atoms with Gasteiger partial charge in [-0.3, -0.25) is 0 Å². The van der Waals surface area contributed by atoms with Gasteiger partial charge in [0.15, 0.2) is 11.6 Å². The van der Waals surface area contributed by atoms with Gasteiger partial charge in [0.25, 0.3) is 0 Å². The van der Waals surface area contributed by atoms with Gasteiger partial charge in [-0.15, -0.1) is 0 Å². The van der Waals surface area contributed by atoms with Crippen molar-refractivity contribution in [1.82, 2.24) is 19.5 Å². The summed E-state index contributed by atoms with van der Waals surface area (Å²) in [6.45, 7) is 4.43. The second kappa shape index (κ2) is 5.88. The molecular formula is C15H18N4O. The van der Waals surface area contributed by atoms with Crippen molar-refractivity contribution in [2.75, 3.05) is 13.2 Å². The molecule has 0 amide bonds. The molecule has 0 spiro atoms. The predicted molar refractivity (Wildman–Crippen MR) is 78.4 cm³/mol. The molecule has 3 rings (SSSR count). The van der Waals surface area contributed by atoms with Crippen LogP contribution in [0.1, 0.15) is 13.3 Å². The number of aryl methyl sites for hydroxylation is 1. The van der Waals surface area contributed by atoms with Gasteiger partial charge in [-0.05, 0) is 25.5 Å². The highest BCUT2D eigenvalue weighted by atomic mass is 16.5. The van der Waals surface area contributed by atoms with Gasteiger partial charge in [-0.2, -0.15) is 0 Å². The number of aromatic nitrogens is 4. The highest BCUT2D eigenvalue weighted by Crippen LogP contribution is 2.19. The molecule has 5 nitrogen and oxygen atoms in total. The van der Waals surface area contributed by atoms with Crippen molar-refractivity contribution in [1.29, 1.82) is 0 Å². The molecule has 0 aliphatic heterocycles. The van der Waals surface area contributed by atoms with Crippen LogP contribution in [-0.2, 0) is 11.3 Å². The van der Waals surface area contributed by atoms with E-state index in [2.05, 4.69) is 19.5 Å². The number of nitrogens with zero attached hydrogens (tertiary/aromatic N) is 3. The van der Waals surface area contributed by atoms with E-state index >= 15 is 0 Å². The molecule has 0 saturated heterocycles. The number of H-pyrrole nitrogens is 1. The molecule has 1 N–H and O–H groups in total. The Balaban J connectivity index is 1.81. The van der Waals surface area contributed by atoms with Gasteiger partial charge < -0.3 is 14.3 Å². The first-order valence-corrected chi connectivity index (χ1v) is 6.92. The third-order valence-electron chi connectivity index (χ3n) is 3.21. The SMILES string of the molecule is CCOCCCn1ccnc1-c1nc2ccccc2[nH]1. The Morgan fingerprint density at radius 1 is 1.30 bits per heavy atom. The van der Waals surface area contributed by atoms with Crippen LogP contribution in [0.4, 0.5) is 0 Å². The Morgan fingerprint density at radius 3 is 3.05 bits per heavy atom. The monoisotopic (exact) mass is 270 g/mol. The summed E-state index contributed by atoms with van der Waals surface area (Å²) in [6, 6.07) is 8.01. The minimum absolute atomic E-state index is 0.764. The molecule has 2 aromatic heterocycles. The van der Waals surface area contributed by atoms with E-state index < -0.39 is 0 Å². The van der Waals surface area contributed by atoms with E-state index in [1.54, 1.807) is 0 Å². The molecule has 0 atom stereocenters. The number of ether oxygens (including phenoxy) is 1. The second-order valence-electron chi connectivity index (χ2n) is 4.60. The van der Waals surface area contributed by atoms with Crippen molar-refractivity contribution in [2.45, 2.75) is 19.9 Å². The number of aromatic amines is 1.